The standard InChI is InChI=1S/C15H20BN5O6P/c1-3-4-9(22)20-13-10-14(18-6-17-13)21(7-19-10)15-12(24-2)11-8(26-15)5-25-28(16,23)27-11/h6-8,11-12,15,23H,3-5H2,1-2H3,(H,17,18,20,22)/q+1/t8-,11+,12?,15-,28?/m1/s1. The first-order chi connectivity index (χ1) is 13.4. The van der Waals surface area contributed by atoms with Crippen molar-refractivity contribution < 1.29 is 28.2 Å². The SMILES string of the molecule is [B][P+]1(O)OC[C@H]2O[C@@H](n3cnc4c(NC(=O)CCC)ncnc43)C(OC)[C@H]2O1. The molecule has 0 bridgehead atoms. The second kappa shape index (κ2) is 7.62. The van der Waals surface area contributed by atoms with Crippen LogP contribution in [-0.4, -0.2) is 69.9 Å². The van der Waals surface area contributed by atoms with Crippen LogP contribution in [0, 0.1) is 0 Å². The summed E-state index contributed by atoms with van der Waals surface area (Å²) < 4.78 is 23.9. The highest BCUT2D eigenvalue weighted by Crippen LogP contribution is 2.58. The lowest BCUT2D eigenvalue weighted by molar-refractivity contribution is -0.116. The topological polar surface area (TPSA) is 130 Å². The second-order valence-electron chi connectivity index (χ2n) is 6.54. The van der Waals surface area contributed by atoms with Crippen molar-refractivity contribution in [3.63, 3.8) is 0 Å². The number of rotatable bonds is 5. The second-order valence-corrected chi connectivity index (χ2v) is 8.14. The van der Waals surface area contributed by atoms with Crippen LogP contribution in [0.5, 0.6) is 0 Å². The number of hydrogen-bond acceptors (Lipinski definition) is 9. The maximum atomic E-state index is 11.9. The molecule has 0 aliphatic carbocycles. The molecule has 11 nitrogen and oxygen atoms in total. The lowest BCUT2D eigenvalue weighted by Gasteiger charge is -2.29. The molecule has 4 heterocycles. The van der Waals surface area contributed by atoms with Crippen LogP contribution in [0.25, 0.3) is 11.2 Å². The third-order valence-electron chi connectivity index (χ3n) is 4.62. The van der Waals surface area contributed by atoms with E-state index in [2.05, 4.69) is 20.3 Å². The molecule has 0 aromatic carbocycles. The molecule has 13 heteroatoms. The number of hydrogen-bond donors (Lipinski definition) is 2. The molecule has 28 heavy (non-hydrogen) atoms. The summed E-state index contributed by atoms with van der Waals surface area (Å²) in [6.45, 7) is 2.00. The first-order valence-electron chi connectivity index (χ1n) is 8.82. The van der Waals surface area contributed by atoms with Gasteiger partial charge in [0.05, 0.1) is 6.33 Å². The van der Waals surface area contributed by atoms with E-state index in [4.69, 9.17) is 26.1 Å². The average Bonchev–Trinajstić information content (AvgIpc) is 3.22. The Morgan fingerprint density at radius 1 is 1.50 bits per heavy atom. The van der Waals surface area contributed by atoms with Crippen LogP contribution >= 0.6 is 7.82 Å². The van der Waals surface area contributed by atoms with Crippen LogP contribution < -0.4 is 5.32 Å². The van der Waals surface area contributed by atoms with Gasteiger partial charge in [-0.1, -0.05) is 6.92 Å². The number of carbonyl (C=O) groups excluding carboxylic acids is 1. The summed E-state index contributed by atoms with van der Waals surface area (Å²) in [5.41, 5.74) is 0.895. The Hall–Kier alpha value is -1.69. The van der Waals surface area contributed by atoms with Gasteiger partial charge in [-0.15, -0.1) is 0 Å². The van der Waals surface area contributed by atoms with Gasteiger partial charge < -0.3 is 14.8 Å². The third kappa shape index (κ3) is 3.52. The van der Waals surface area contributed by atoms with E-state index < -0.39 is 32.4 Å². The summed E-state index contributed by atoms with van der Waals surface area (Å²) in [5.74, 6) is 0.181. The molecule has 148 valence electrons. The number of imidazole rings is 1. The maximum absolute atomic E-state index is 11.9. The fraction of sp³-hybridized carbons (Fsp3) is 0.600. The molecule has 4 rings (SSSR count). The Kier molecular flexibility index (Phi) is 5.34. The largest absolute Gasteiger partial charge is 0.488 e. The van der Waals surface area contributed by atoms with Gasteiger partial charge in [0.1, 0.15) is 25.1 Å². The van der Waals surface area contributed by atoms with Gasteiger partial charge in [-0.3, -0.25) is 9.36 Å². The Balaban J connectivity index is 1.65. The molecule has 0 spiro atoms. The molecule has 2 unspecified atom stereocenters. The van der Waals surface area contributed by atoms with Gasteiger partial charge in [0.2, 0.25) is 5.91 Å². The van der Waals surface area contributed by atoms with Crippen molar-refractivity contribution in [2.75, 3.05) is 19.0 Å². The first kappa shape index (κ1) is 19.6. The number of carbonyl (C=O) groups is 1. The highest BCUT2D eigenvalue weighted by molar-refractivity contribution is 7.85. The predicted octanol–water partition coefficient (Wildman–Crippen LogP) is 0.731. The minimum atomic E-state index is -3.40. The van der Waals surface area contributed by atoms with Gasteiger partial charge in [0, 0.05) is 13.5 Å². The lowest BCUT2D eigenvalue weighted by atomic mass is 10.1. The predicted molar refractivity (Wildman–Crippen MR) is 99.3 cm³/mol. The Labute approximate surface area is 162 Å². The van der Waals surface area contributed by atoms with Crippen LogP contribution in [-0.2, 0) is 23.3 Å². The van der Waals surface area contributed by atoms with E-state index in [1.807, 2.05) is 6.92 Å². The van der Waals surface area contributed by atoms with Crippen molar-refractivity contribution in [3.05, 3.63) is 12.7 Å². The summed E-state index contributed by atoms with van der Waals surface area (Å²) in [4.78, 5) is 34.6. The number of aromatic nitrogens is 4. The monoisotopic (exact) mass is 408 g/mol. The van der Waals surface area contributed by atoms with E-state index in [0.717, 1.165) is 6.42 Å². The minimum absolute atomic E-state index is 0.0851. The van der Waals surface area contributed by atoms with E-state index >= 15 is 0 Å². The van der Waals surface area contributed by atoms with Crippen molar-refractivity contribution in [2.24, 2.45) is 0 Å². The molecule has 5 atom stereocenters. The zero-order chi connectivity index (χ0) is 19.9. The Bertz CT molecular complexity index is 882. The molecule has 1 amide bonds. The van der Waals surface area contributed by atoms with Crippen molar-refractivity contribution >= 4 is 38.3 Å². The van der Waals surface area contributed by atoms with Gasteiger partial charge in [0.25, 0.3) is 0 Å². The van der Waals surface area contributed by atoms with Crippen molar-refractivity contribution in [1.82, 2.24) is 19.5 Å². The molecule has 0 saturated carbocycles. The smallest absolute Gasteiger partial charge is 0.374 e. The highest BCUT2D eigenvalue weighted by Gasteiger charge is 2.57. The minimum Gasteiger partial charge on any atom is -0.374 e. The van der Waals surface area contributed by atoms with Crippen molar-refractivity contribution in [2.45, 2.75) is 44.3 Å². The van der Waals surface area contributed by atoms with E-state index in [1.54, 1.807) is 4.57 Å². The first-order valence-corrected chi connectivity index (χ1v) is 10.5. The maximum Gasteiger partial charge on any atom is 0.488 e. The molecule has 2 fully saturated rings. The molecule has 2 aliphatic heterocycles. The van der Waals surface area contributed by atoms with Crippen LogP contribution in [0.4, 0.5) is 5.82 Å². The van der Waals surface area contributed by atoms with E-state index in [1.165, 1.54) is 19.8 Å². The van der Waals surface area contributed by atoms with Crippen molar-refractivity contribution in [1.29, 1.82) is 0 Å². The quantitative estimate of drug-likeness (QED) is 0.543. The molecule has 2 radical (unpaired) electrons. The zero-order valence-electron chi connectivity index (χ0n) is 15.4. The summed E-state index contributed by atoms with van der Waals surface area (Å²) in [6.07, 6.45) is 1.70. The Morgan fingerprint density at radius 3 is 3.07 bits per heavy atom. The summed E-state index contributed by atoms with van der Waals surface area (Å²) >= 11 is 0. The number of anilines is 1. The summed E-state index contributed by atoms with van der Waals surface area (Å²) in [7, 11) is 3.74. The number of ether oxygens (including phenoxy) is 2. The number of methoxy groups -OCH3 is 1. The molecule has 2 aliphatic rings. The summed E-state index contributed by atoms with van der Waals surface area (Å²) in [6, 6.07) is 0. The van der Waals surface area contributed by atoms with E-state index in [-0.39, 0.29) is 12.5 Å². The third-order valence-corrected chi connectivity index (χ3v) is 5.69. The van der Waals surface area contributed by atoms with E-state index in [9.17, 15) is 9.69 Å². The molecule has 2 aromatic rings. The van der Waals surface area contributed by atoms with Gasteiger partial charge in [-0.2, -0.15) is 9.05 Å². The van der Waals surface area contributed by atoms with Gasteiger partial charge in [0.15, 0.2) is 29.3 Å². The van der Waals surface area contributed by atoms with Crippen LogP contribution in [0.3, 0.4) is 0 Å². The molecule has 2 saturated heterocycles. The molecule has 2 N–H and O–H groups in total. The van der Waals surface area contributed by atoms with E-state index in [0.29, 0.717) is 23.4 Å². The fourth-order valence-electron chi connectivity index (χ4n) is 3.38. The average molecular weight is 408 g/mol. The highest BCUT2D eigenvalue weighted by atomic mass is 31.2. The summed E-state index contributed by atoms with van der Waals surface area (Å²) in [5, 5.41) is 2.75. The number of amides is 1. The molecular formula is C15H20BN5O6P+. The van der Waals surface area contributed by atoms with Gasteiger partial charge in [-0.25, -0.2) is 19.8 Å². The van der Waals surface area contributed by atoms with Crippen LogP contribution in [0.15, 0.2) is 12.7 Å². The van der Waals surface area contributed by atoms with Gasteiger partial charge in [-0.05, 0) is 6.42 Å². The lowest BCUT2D eigenvalue weighted by Crippen LogP contribution is -2.41. The number of nitrogens with zero attached hydrogens (tertiary/aromatic N) is 4. The Morgan fingerprint density at radius 2 is 2.32 bits per heavy atom. The van der Waals surface area contributed by atoms with Crippen LogP contribution in [0.2, 0.25) is 0 Å². The normalized spacial score (nSPS) is 32.4. The number of nitrogens with one attached hydrogen (secondary N) is 1. The van der Waals surface area contributed by atoms with Crippen molar-refractivity contribution in [3.8, 4) is 0 Å². The van der Waals surface area contributed by atoms with Gasteiger partial charge >= 0.3 is 15.4 Å². The molecule has 2 aromatic heterocycles. The number of fused-ring (bicyclic) bond motifs is 2. The zero-order valence-corrected chi connectivity index (χ0v) is 16.3. The fourth-order valence-corrected chi connectivity index (χ4v) is 4.41. The van der Waals surface area contributed by atoms with Crippen LogP contribution in [0.1, 0.15) is 26.0 Å². The molecular weight excluding hydrogens is 388 g/mol.